The fraction of sp³-hybridized carbons (Fsp3) is 0.300. The third kappa shape index (κ3) is 3.29. The Morgan fingerprint density at radius 1 is 0.867 bits per heavy atom. The number of thioether (sulfide) groups is 2. The van der Waals surface area contributed by atoms with Gasteiger partial charge in [0.1, 0.15) is 11.3 Å². The second kappa shape index (κ2) is 7.84. The van der Waals surface area contributed by atoms with Crippen molar-refractivity contribution in [1.29, 1.82) is 0 Å². The van der Waals surface area contributed by atoms with Crippen LogP contribution in [-0.4, -0.2) is 40.7 Å². The molecule has 156 valence electrons. The molecule has 0 fully saturated rings. The average Bonchev–Trinajstić information content (AvgIpc) is 3.31. The average molecular weight is 443 g/mol. The number of hydrogen-bond donors (Lipinski definition) is 0. The van der Waals surface area contributed by atoms with Crippen molar-refractivity contribution in [1.82, 2.24) is 28.2 Å². The number of rotatable bonds is 6. The van der Waals surface area contributed by atoms with Crippen molar-refractivity contribution >= 4 is 45.6 Å². The van der Waals surface area contributed by atoms with Crippen LogP contribution in [0.4, 0.5) is 0 Å². The van der Waals surface area contributed by atoms with E-state index in [4.69, 9.17) is 0 Å². The van der Waals surface area contributed by atoms with Gasteiger partial charge in [-0.05, 0) is 30.2 Å². The highest BCUT2D eigenvalue weighted by Crippen LogP contribution is 2.19. The van der Waals surface area contributed by atoms with Gasteiger partial charge in [0.2, 0.25) is 0 Å². The zero-order chi connectivity index (χ0) is 21.6. The minimum atomic E-state index is -0.0604. The zero-order valence-corrected chi connectivity index (χ0v) is 18.9. The highest BCUT2D eigenvalue weighted by Gasteiger charge is 2.14. The van der Waals surface area contributed by atoms with Gasteiger partial charge in [0, 0.05) is 39.6 Å². The molecule has 0 aromatic carbocycles. The largest absolute Gasteiger partial charge is 0.328 e. The summed E-state index contributed by atoms with van der Waals surface area (Å²) in [5.74, 6) is 0. The summed E-state index contributed by atoms with van der Waals surface area (Å²) in [6.07, 6.45) is 7.53. The minimum Gasteiger partial charge on any atom is -0.328 e. The van der Waals surface area contributed by atoms with Gasteiger partial charge in [0.25, 0.3) is 11.1 Å². The molecule has 4 aromatic heterocycles. The first-order valence-corrected chi connectivity index (χ1v) is 11.7. The smallest absolute Gasteiger partial charge is 0.263 e. The van der Waals surface area contributed by atoms with Gasteiger partial charge >= 0.3 is 0 Å². The first kappa shape index (κ1) is 20.5. The molecule has 4 aromatic rings. The van der Waals surface area contributed by atoms with Gasteiger partial charge in [-0.1, -0.05) is 30.1 Å². The summed E-state index contributed by atoms with van der Waals surface area (Å²) < 4.78 is 7.00. The Hall–Kier alpha value is -2.72. The lowest BCUT2D eigenvalue weighted by Gasteiger charge is -2.12. The van der Waals surface area contributed by atoms with Crippen LogP contribution >= 0.6 is 23.5 Å². The third-order valence-electron chi connectivity index (χ3n) is 5.07. The van der Waals surface area contributed by atoms with Crippen LogP contribution in [-0.2, 0) is 27.2 Å². The maximum atomic E-state index is 12.6. The van der Waals surface area contributed by atoms with E-state index in [0.29, 0.717) is 45.5 Å². The Balaban J connectivity index is 1.66. The van der Waals surface area contributed by atoms with E-state index in [2.05, 4.69) is 16.5 Å². The van der Waals surface area contributed by atoms with Crippen LogP contribution < -0.4 is 11.1 Å². The number of hydrogen-bond acceptors (Lipinski definition) is 6. The number of allylic oxidation sites excluding steroid dienone is 1. The fourth-order valence-corrected chi connectivity index (χ4v) is 4.60. The first-order chi connectivity index (χ1) is 14.3. The van der Waals surface area contributed by atoms with Gasteiger partial charge in [-0.3, -0.25) is 18.7 Å². The van der Waals surface area contributed by atoms with E-state index in [0.717, 1.165) is 5.57 Å². The van der Waals surface area contributed by atoms with Crippen molar-refractivity contribution in [2.24, 2.45) is 14.1 Å². The molecule has 0 bridgehead atoms. The number of fused-ring (bicyclic) bond motifs is 2. The van der Waals surface area contributed by atoms with Crippen LogP contribution in [0.3, 0.4) is 0 Å². The second-order valence-electron chi connectivity index (χ2n) is 7.04. The molecule has 0 aliphatic rings. The van der Waals surface area contributed by atoms with E-state index >= 15 is 0 Å². The molecule has 0 N–H and O–H groups in total. The highest BCUT2D eigenvalue weighted by atomic mass is 32.2. The molecular formula is C20H22N6O2S2. The quantitative estimate of drug-likeness (QED) is 0.259. The van der Waals surface area contributed by atoms with Crippen LogP contribution in [0.2, 0.25) is 0 Å². The summed E-state index contributed by atoms with van der Waals surface area (Å²) in [6, 6.07) is 3.59. The SMILES string of the molecule is C=C(Cn1ccc2c(=O)n(C)c(SC)nc21)Cn1ccc2c(=O)n(C)c(SC)nc21. The summed E-state index contributed by atoms with van der Waals surface area (Å²) >= 11 is 2.87. The molecule has 10 heteroatoms. The Labute approximate surface area is 181 Å². The molecule has 4 rings (SSSR count). The van der Waals surface area contributed by atoms with Crippen molar-refractivity contribution in [2.45, 2.75) is 23.4 Å². The molecule has 8 nitrogen and oxygen atoms in total. The van der Waals surface area contributed by atoms with Crippen LogP contribution in [0.5, 0.6) is 0 Å². The van der Waals surface area contributed by atoms with E-state index in [1.165, 1.54) is 23.5 Å². The topological polar surface area (TPSA) is 79.6 Å². The van der Waals surface area contributed by atoms with Gasteiger partial charge in [-0.25, -0.2) is 9.97 Å². The minimum absolute atomic E-state index is 0.0604. The van der Waals surface area contributed by atoms with Gasteiger partial charge in [0.05, 0.1) is 10.8 Å². The summed E-state index contributed by atoms with van der Waals surface area (Å²) in [7, 11) is 3.46. The van der Waals surface area contributed by atoms with Crippen molar-refractivity contribution in [3.8, 4) is 0 Å². The standard InChI is InChI=1S/C20H22N6O2S2/c1-12(10-25-8-6-13-15(25)21-19(29-4)23(2)17(13)27)11-26-9-7-14-16(26)22-20(30-5)24(3)18(14)28/h6-9H,1,10-11H2,2-5H3. The van der Waals surface area contributed by atoms with Crippen molar-refractivity contribution in [3.63, 3.8) is 0 Å². The maximum absolute atomic E-state index is 12.6. The van der Waals surface area contributed by atoms with Crippen molar-refractivity contribution in [3.05, 3.63) is 57.4 Å². The first-order valence-electron chi connectivity index (χ1n) is 9.22. The Bertz CT molecular complexity index is 1300. The zero-order valence-electron chi connectivity index (χ0n) is 17.2. The number of nitrogens with zero attached hydrogens (tertiary/aromatic N) is 6. The molecule has 0 saturated heterocycles. The molecule has 0 radical (unpaired) electrons. The maximum Gasteiger partial charge on any atom is 0.263 e. The summed E-state index contributed by atoms with van der Waals surface area (Å²) in [5.41, 5.74) is 2.09. The summed E-state index contributed by atoms with van der Waals surface area (Å²) in [5, 5.41) is 2.51. The van der Waals surface area contributed by atoms with E-state index in [9.17, 15) is 9.59 Å². The molecule has 0 amide bonds. The number of aromatic nitrogens is 6. The van der Waals surface area contributed by atoms with Gasteiger partial charge in [-0.15, -0.1) is 0 Å². The summed E-state index contributed by atoms with van der Waals surface area (Å²) in [4.78, 5) is 34.4. The Kier molecular flexibility index (Phi) is 5.37. The lowest BCUT2D eigenvalue weighted by molar-refractivity contribution is 0.683. The Morgan fingerprint density at radius 2 is 1.27 bits per heavy atom. The molecule has 0 spiro atoms. The molecule has 30 heavy (non-hydrogen) atoms. The molecule has 0 atom stereocenters. The molecule has 0 aliphatic heterocycles. The van der Waals surface area contributed by atoms with E-state index in [-0.39, 0.29) is 11.1 Å². The van der Waals surface area contributed by atoms with Crippen LogP contribution in [0.25, 0.3) is 22.1 Å². The lowest BCUT2D eigenvalue weighted by Crippen LogP contribution is -2.20. The molecule has 4 heterocycles. The van der Waals surface area contributed by atoms with Gasteiger partial charge in [-0.2, -0.15) is 0 Å². The van der Waals surface area contributed by atoms with Crippen LogP contribution in [0, 0.1) is 0 Å². The molecule has 0 aliphatic carbocycles. The second-order valence-corrected chi connectivity index (χ2v) is 8.58. The van der Waals surface area contributed by atoms with E-state index in [1.807, 2.05) is 34.0 Å². The van der Waals surface area contributed by atoms with E-state index < -0.39 is 0 Å². The Morgan fingerprint density at radius 3 is 1.63 bits per heavy atom. The van der Waals surface area contributed by atoms with Crippen molar-refractivity contribution < 1.29 is 0 Å². The van der Waals surface area contributed by atoms with Crippen LogP contribution in [0.15, 0.2) is 56.6 Å². The van der Waals surface area contributed by atoms with E-state index in [1.54, 1.807) is 35.4 Å². The fourth-order valence-electron chi connectivity index (χ4n) is 3.53. The highest BCUT2D eigenvalue weighted by molar-refractivity contribution is 7.98. The predicted molar refractivity (Wildman–Crippen MR) is 123 cm³/mol. The molecule has 0 unspecified atom stereocenters. The molecule has 0 saturated carbocycles. The normalized spacial score (nSPS) is 11.6. The van der Waals surface area contributed by atoms with Gasteiger partial charge in [0.15, 0.2) is 10.3 Å². The summed E-state index contributed by atoms with van der Waals surface area (Å²) in [6.45, 7) is 5.23. The third-order valence-corrected chi connectivity index (χ3v) is 6.53. The lowest BCUT2D eigenvalue weighted by atomic mass is 10.3. The van der Waals surface area contributed by atoms with Crippen LogP contribution in [0.1, 0.15) is 0 Å². The molecular weight excluding hydrogens is 420 g/mol. The predicted octanol–water partition coefficient (Wildman–Crippen LogP) is 2.48. The monoisotopic (exact) mass is 442 g/mol. The van der Waals surface area contributed by atoms with Crippen molar-refractivity contribution in [2.75, 3.05) is 12.5 Å². The van der Waals surface area contributed by atoms with Gasteiger partial charge < -0.3 is 9.13 Å².